The van der Waals surface area contributed by atoms with Gasteiger partial charge in [-0.3, -0.25) is 9.52 Å². The van der Waals surface area contributed by atoms with Crippen LogP contribution in [-0.4, -0.2) is 24.6 Å². The van der Waals surface area contributed by atoms with Gasteiger partial charge in [0.1, 0.15) is 0 Å². The number of nitrogens with zero attached hydrogens (tertiary/aromatic N) is 1. The van der Waals surface area contributed by atoms with Crippen LogP contribution >= 0.6 is 11.3 Å². The molecule has 1 aromatic heterocycles. The first kappa shape index (κ1) is 17.4. The van der Waals surface area contributed by atoms with Crippen molar-refractivity contribution in [3.05, 3.63) is 53.5 Å². The number of nitrogens with one attached hydrogen (secondary N) is 2. The van der Waals surface area contributed by atoms with E-state index in [0.29, 0.717) is 16.9 Å². The second kappa shape index (κ2) is 6.81. The minimum absolute atomic E-state index is 0.262. The van der Waals surface area contributed by atoms with Crippen LogP contribution < -0.4 is 10.0 Å². The monoisotopic (exact) mass is 375 g/mol. The van der Waals surface area contributed by atoms with Crippen LogP contribution in [0.2, 0.25) is 0 Å². The Morgan fingerprint density at radius 3 is 2.44 bits per heavy atom. The number of anilines is 2. The molecule has 0 saturated carbocycles. The maximum Gasteiger partial charge on any atom is 0.255 e. The fourth-order valence-electron chi connectivity index (χ4n) is 2.11. The number of rotatable bonds is 5. The highest BCUT2D eigenvalue weighted by atomic mass is 32.2. The molecule has 130 valence electrons. The maximum absolute atomic E-state index is 12.3. The minimum Gasteiger partial charge on any atom is -0.322 e. The molecular formula is C17H17N3O3S2. The predicted molar refractivity (Wildman–Crippen MR) is 102 cm³/mol. The Bertz CT molecular complexity index is 1010. The molecule has 0 atom stereocenters. The number of hydrogen-bond acceptors (Lipinski definition) is 5. The van der Waals surface area contributed by atoms with Gasteiger partial charge in [-0.05, 0) is 56.3 Å². The van der Waals surface area contributed by atoms with Gasteiger partial charge in [0.2, 0.25) is 10.0 Å². The minimum atomic E-state index is -3.40. The van der Waals surface area contributed by atoms with Gasteiger partial charge < -0.3 is 5.32 Å². The number of carbonyl (C=O) groups excluding carboxylic acids is 1. The first-order chi connectivity index (χ1) is 11.8. The van der Waals surface area contributed by atoms with E-state index in [1.54, 1.807) is 49.7 Å². The normalized spacial score (nSPS) is 11.6. The summed E-state index contributed by atoms with van der Waals surface area (Å²) in [5.41, 5.74) is 4.21. The number of thiazole rings is 1. The Kier molecular flexibility index (Phi) is 4.73. The van der Waals surface area contributed by atoms with E-state index in [0.717, 1.165) is 10.2 Å². The fraction of sp³-hybridized carbons (Fsp3) is 0.176. The first-order valence-electron chi connectivity index (χ1n) is 7.61. The molecule has 0 unspecified atom stereocenters. The molecule has 2 N–H and O–H groups in total. The van der Waals surface area contributed by atoms with Crippen molar-refractivity contribution in [3.63, 3.8) is 0 Å². The van der Waals surface area contributed by atoms with Crippen LogP contribution in [0.15, 0.2) is 48.0 Å². The van der Waals surface area contributed by atoms with Crippen molar-refractivity contribution in [3.8, 4) is 0 Å². The zero-order chi connectivity index (χ0) is 18.0. The van der Waals surface area contributed by atoms with Crippen LogP contribution in [0.5, 0.6) is 0 Å². The van der Waals surface area contributed by atoms with Gasteiger partial charge in [0.25, 0.3) is 5.91 Å². The van der Waals surface area contributed by atoms with Gasteiger partial charge in [-0.2, -0.15) is 0 Å². The summed E-state index contributed by atoms with van der Waals surface area (Å²) >= 11 is 1.51. The van der Waals surface area contributed by atoms with E-state index in [-0.39, 0.29) is 5.91 Å². The summed E-state index contributed by atoms with van der Waals surface area (Å²) in [6, 6.07) is 11.8. The summed E-state index contributed by atoms with van der Waals surface area (Å²) in [5, 5.41) is 2.30. The molecular weight excluding hydrogens is 358 g/mol. The molecule has 6 nitrogen and oxygen atoms in total. The molecule has 3 aromatic rings. The maximum atomic E-state index is 12.3. The Hall–Kier alpha value is -2.45. The average molecular weight is 375 g/mol. The van der Waals surface area contributed by atoms with Crippen molar-refractivity contribution in [2.75, 3.05) is 10.0 Å². The van der Waals surface area contributed by atoms with Gasteiger partial charge in [-0.1, -0.05) is 0 Å². The summed E-state index contributed by atoms with van der Waals surface area (Å²) in [4.78, 5) is 16.5. The van der Waals surface area contributed by atoms with Gasteiger partial charge in [0, 0.05) is 16.9 Å². The molecule has 0 radical (unpaired) electrons. The second-order valence-corrected chi connectivity index (χ2v) is 8.89. The molecule has 1 amide bonds. The first-order valence-corrected chi connectivity index (χ1v) is 10.0. The Balaban J connectivity index is 1.72. The number of aromatic nitrogens is 1. The lowest BCUT2D eigenvalue weighted by Crippen LogP contribution is -2.22. The zero-order valence-corrected chi connectivity index (χ0v) is 15.3. The molecule has 0 fully saturated rings. The van der Waals surface area contributed by atoms with Crippen molar-refractivity contribution in [1.82, 2.24) is 4.98 Å². The lowest BCUT2D eigenvalue weighted by Gasteiger charge is -2.11. The lowest BCUT2D eigenvalue weighted by molar-refractivity contribution is 0.102. The van der Waals surface area contributed by atoms with Crippen molar-refractivity contribution in [1.29, 1.82) is 0 Å². The van der Waals surface area contributed by atoms with Crippen molar-refractivity contribution in [2.24, 2.45) is 0 Å². The third kappa shape index (κ3) is 3.97. The highest BCUT2D eigenvalue weighted by molar-refractivity contribution is 7.93. The van der Waals surface area contributed by atoms with Gasteiger partial charge >= 0.3 is 0 Å². The highest BCUT2D eigenvalue weighted by Gasteiger charge is 2.15. The summed E-state index contributed by atoms with van der Waals surface area (Å²) in [7, 11) is -3.40. The predicted octanol–water partition coefficient (Wildman–Crippen LogP) is 3.70. The number of fused-ring (bicyclic) bond motifs is 1. The van der Waals surface area contributed by atoms with E-state index >= 15 is 0 Å². The number of amides is 1. The number of hydrogen-bond donors (Lipinski definition) is 2. The van der Waals surface area contributed by atoms with Gasteiger partial charge in [-0.15, -0.1) is 11.3 Å². The van der Waals surface area contributed by atoms with E-state index in [2.05, 4.69) is 15.0 Å². The molecule has 2 aromatic carbocycles. The summed E-state index contributed by atoms with van der Waals surface area (Å²) in [6.07, 6.45) is 0. The smallest absolute Gasteiger partial charge is 0.255 e. The van der Waals surface area contributed by atoms with Crippen LogP contribution in [0.1, 0.15) is 24.2 Å². The molecule has 0 aliphatic rings. The van der Waals surface area contributed by atoms with Gasteiger partial charge in [-0.25, -0.2) is 13.4 Å². The van der Waals surface area contributed by atoms with E-state index in [1.165, 1.54) is 11.3 Å². The number of sulfonamides is 1. The fourth-order valence-corrected chi connectivity index (χ4v) is 3.52. The van der Waals surface area contributed by atoms with Crippen LogP contribution in [-0.2, 0) is 10.0 Å². The topological polar surface area (TPSA) is 88.2 Å². The standard InChI is InChI=1S/C17H17N3O3S2/c1-11(2)25(22,23)20-13-5-3-12(4-6-13)17(21)19-14-7-8-15-16(9-14)24-10-18-15/h3-11,20H,1-2H3,(H,19,21). The molecule has 0 saturated heterocycles. The van der Waals surface area contributed by atoms with Crippen molar-refractivity contribution >= 4 is 48.9 Å². The molecule has 3 rings (SSSR count). The van der Waals surface area contributed by atoms with Gasteiger partial charge in [0.05, 0.1) is 21.0 Å². The zero-order valence-electron chi connectivity index (χ0n) is 13.7. The summed E-state index contributed by atoms with van der Waals surface area (Å²) in [6.45, 7) is 3.20. The quantitative estimate of drug-likeness (QED) is 0.712. The average Bonchev–Trinajstić information content (AvgIpc) is 3.02. The molecule has 0 bridgehead atoms. The summed E-state index contributed by atoms with van der Waals surface area (Å²) < 4.78 is 27.2. The van der Waals surface area contributed by atoms with Crippen LogP contribution in [0, 0.1) is 0 Å². The molecule has 0 aliphatic carbocycles. The third-order valence-corrected chi connectivity index (χ3v) is 6.17. The third-order valence-electron chi connectivity index (χ3n) is 3.62. The van der Waals surface area contributed by atoms with Crippen molar-refractivity contribution in [2.45, 2.75) is 19.1 Å². The van der Waals surface area contributed by atoms with Crippen LogP contribution in [0.3, 0.4) is 0 Å². The van der Waals surface area contributed by atoms with Crippen LogP contribution in [0.4, 0.5) is 11.4 Å². The molecule has 1 heterocycles. The molecule has 0 aliphatic heterocycles. The largest absolute Gasteiger partial charge is 0.322 e. The molecule has 8 heteroatoms. The van der Waals surface area contributed by atoms with Crippen LogP contribution in [0.25, 0.3) is 10.2 Å². The highest BCUT2D eigenvalue weighted by Crippen LogP contribution is 2.22. The van der Waals surface area contributed by atoms with E-state index < -0.39 is 15.3 Å². The SMILES string of the molecule is CC(C)S(=O)(=O)Nc1ccc(C(=O)Nc2ccc3ncsc3c2)cc1. The molecule has 0 spiro atoms. The number of benzene rings is 2. The Morgan fingerprint density at radius 1 is 1.08 bits per heavy atom. The summed E-state index contributed by atoms with van der Waals surface area (Å²) in [5.74, 6) is -0.262. The Labute approximate surface area is 150 Å². The second-order valence-electron chi connectivity index (χ2n) is 5.76. The van der Waals surface area contributed by atoms with E-state index in [4.69, 9.17) is 0 Å². The van der Waals surface area contributed by atoms with E-state index in [9.17, 15) is 13.2 Å². The lowest BCUT2D eigenvalue weighted by atomic mass is 10.2. The van der Waals surface area contributed by atoms with Crippen molar-refractivity contribution < 1.29 is 13.2 Å². The molecule has 25 heavy (non-hydrogen) atoms. The van der Waals surface area contributed by atoms with Gasteiger partial charge in [0.15, 0.2) is 0 Å². The number of carbonyl (C=O) groups is 1. The van der Waals surface area contributed by atoms with E-state index in [1.807, 2.05) is 12.1 Å². The Morgan fingerprint density at radius 2 is 1.76 bits per heavy atom.